The second-order valence-corrected chi connectivity index (χ2v) is 5.88. The summed E-state index contributed by atoms with van der Waals surface area (Å²) in [7, 11) is 1.64. The minimum Gasteiger partial charge on any atom is -0.360 e. The molecule has 1 atom stereocenters. The Morgan fingerprint density at radius 3 is 3.00 bits per heavy atom. The van der Waals surface area contributed by atoms with Gasteiger partial charge in [-0.2, -0.15) is 0 Å². The largest absolute Gasteiger partial charge is 0.360 e. The van der Waals surface area contributed by atoms with Crippen molar-refractivity contribution >= 4 is 16.6 Å². The zero-order valence-electron chi connectivity index (χ0n) is 13.8. The van der Waals surface area contributed by atoms with E-state index in [1.807, 2.05) is 18.2 Å². The molecule has 2 aromatic rings. The maximum atomic E-state index is 14.2. The van der Waals surface area contributed by atoms with Crippen LogP contribution in [0, 0.1) is 5.82 Å². The molecule has 0 fully saturated rings. The van der Waals surface area contributed by atoms with Crippen molar-refractivity contribution in [2.75, 3.05) is 7.05 Å². The molecule has 0 saturated carbocycles. The van der Waals surface area contributed by atoms with Gasteiger partial charge < -0.3 is 9.67 Å². The molecule has 5 heteroatoms. The summed E-state index contributed by atoms with van der Waals surface area (Å²) in [5.41, 5.74) is 3.38. The number of hydrogen-bond donors (Lipinski definition) is 2. The van der Waals surface area contributed by atoms with Crippen LogP contribution in [0.2, 0.25) is 0 Å². The van der Waals surface area contributed by atoms with Gasteiger partial charge in [-0.3, -0.25) is 5.32 Å². The third-order valence-corrected chi connectivity index (χ3v) is 4.35. The van der Waals surface area contributed by atoms with E-state index in [1.54, 1.807) is 19.2 Å². The minimum absolute atomic E-state index is 0.241. The SMILES string of the molecule is C=C/C=C1/CCCCn2c(cc3c(F)cccc32)/C1=N/C(O)NC. The van der Waals surface area contributed by atoms with E-state index in [0.717, 1.165) is 42.6 Å². The highest BCUT2D eigenvalue weighted by molar-refractivity contribution is 6.14. The van der Waals surface area contributed by atoms with Crippen LogP contribution in [0.15, 0.2) is 53.6 Å². The van der Waals surface area contributed by atoms with Gasteiger partial charge in [0.15, 0.2) is 0 Å². The number of hydrogen-bond acceptors (Lipinski definition) is 3. The quantitative estimate of drug-likeness (QED) is 0.849. The molecule has 2 heterocycles. The Labute approximate surface area is 141 Å². The number of aliphatic hydroxyl groups excluding tert-OH is 1. The number of nitrogens with one attached hydrogen (secondary N) is 1. The van der Waals surface area contributed by atoms with Gasteiger partial charge in [0, 0.05) is 11.9 Å². The number of nitrogens with zero attached hydrogens (tertiary/aromatic N) is 2. The van der Waals surface area contributed by atoms with Crippen molar-refractivity contribution in [1.29, 1.82) is 0 Å². The first-order chi connectivity index (χ1) is 11.7. The second-order valence-electron chi connectivity index (χ2n) is 5.88. The van der Waals surface area contributed by atoms with Gasteiger partial charge in [0.2, 0.25) is 6.35 Å². The summed E-state index contributed by atoms with van der Waals surface area (Å²) in [6.07, 6.45) is 5.50. The lowest BCUT2D eigenvalue weighted by Gasteiger charge is -2.20. The first kappa shape index (κ1) is 16.6. The number of aryl methyl sites for hydroxylation is 1. The molecular weight excluding hydrogens is 305 g/mol. The van der Waals surface area contributed by atoms with E-state index in [0.29, 0.717) is 11.1 Å². The number of aliphatic imine (C=N–C) groups is 1. The van der Waals surface area contributed by atoms with E-state index in [2.05, 4.69) is 21.5 Å². The highest BCUT2D eigenvalue weighted by Gasteiger charge is 2.21. The first-order valence-corrected chi connectivity index (χ1v) is 8.19. The Kier molecular flexibility index (Phi) is 4.92. The van der Waals surface area contributed by atoms with Crippen LogP contribution in [0.5, 0.6) is 0 Å². The molecule has 1 aromatic heterocycles. The Morgan fingerprint density at radius 1 is 1.42 bits per heavy atom. The lowest BCUT2D eigenvalue weighted by atomic mass is 9.98. The fraction of sp³-hybridized carbons (Fsp3) is 0.316. The Bertz CT molecular complexity index is 819. The van der Waals surface area contributed by atoms with Crippen molar-refractivity contribution in [2.45, 2.75) is 32.2 Å². The van der Waals surface area contributed by atoms with Crippen LogP contribution < -0.4 is 5.32 Å². The van der Waals surface area contributed by atoms with Gasteiger partial charge in [0.05, 0.1) is 16.9 Å². The fourth-order valence-electron chi connectivity index (χ4n) is 3.19. The topological polar surface area (TPSA) is 49.5 Å². The highest BCUT2D eigenvalue weighted by Crippen LogP contribution is 2.29. The Balaban J connectivity index is 2.28. The summed E-state index contributed by atoms with van der Waals surface area (Å²) in [5, 5.41) is 13.3. The lowest BCUT2D eigenvalue weighted by Crippen LogP contribution is -2.26. The number of rotatable bonds is 3. The molecule has 0 aliphatic carbocycles. The molecular formula is C19H22FN3O. The standard InChI is InChI=1S/C19H22FN3O/c1-3-7-13-8-4-5-11-23-16-10-6-9-15(20)14(16)12-17(23)18(13)22-19(24)21-2/h3,6-7,9-10,12,19,21,24H,1,4-5,8,11H2,2H3/b13-7-,22-18+. The summed E-state index contributed by atoms with van der Waals surface area (Å²) in [6, 6.07) is 6.94. The number of benzene rings is 1. The van der Waals surface area contributed by atoms with E-state index >= 15 is 0 Å². The number of halogens is 1. The second kappa shape index (κ2) is 7.11. The molecule has 0 saturated heterocycles. The molecule has 1 aliphatic rings. The van der Waals surface area contributed by atoms with Crippen molar-refractivity contribution in [1.82, 2.24) is 9.88 Å². The highest BCUT2D eigenvalue weighted by atomic mass is 19.1. The minimum atomic E-state index is -1.01. The van der Waals surface area contributed by atoms with Gasteiger partial charge in [-0.15, -0.1) is 0 Å². The smallest absolute Gasteiger partial charge is 0.202 e. The summed E-state index contributed by atoms with van der Waals surface area (Å²) < 4.78 is 16.3. The van der Waals surface area contributed by atoms with Gasteiger partial charge >= 0.3 is 0 Å². The Hall–Kier alpha value is -2.24. The molecule has 3 rings (SSSR count). The Morgan fingerprint density at radius 2 is 2.25 bits per heavy atom. The number of aliphatic hydroxyl groups is 1. The molecule has 1 aliphatic heterocycles. The third-order valence-electron chi connectivity index (χ3n) is 4.35. The van der Waals surface area contributed by atoms with E-state index in [9.17, 15) is 9.50 Å². The van der Waals surface area contributed by atoms with Crippen molar-refractivity contribution in [3.05, 3.63) is 60.1 Å². The predicted molar refractivity (Wildman–Crippen MR) is 95.6 cm³/mol. The molecule has 0 amide bonds. The number of allylic oxidation sites excluding steroid dienone is 3. The summed E-state index contributed by atoms with van der Waals surface area (Å²) in [4.78, 5) is 4.42. The van der Waals surface area contributed by atoms with Crippen LogP contribution in [0.1, 0.15) is 25.0 Å². The van der Waals surface area contributed by atoms with E-state index in [4.69, 9.17) is 0 Å². The van der Waals surface area contributed by atoms with Crippen LogP contribution in [0.4, 0.5) is 4.39 Å². The fourth-order valence-corrected chi connectivity index (χ4v) is 3.19. The average Bonchev–Trinajstić information content (AvgIpc) is 2.93. The molecule has 0 spiro atoms. The van der Waals surface area contributed by atoms with Gasteiger partial charge in [-0.25, -0.2) is 9.38 Å². The van der Waals surface area contributed by atoms with Crippen LogP contribution in [-0.4, -0.2) is 28.8 Å². The van der Waals surface area contributed by atoms with Crippen molar-refractivity contribution in [3.63, 3.8) is 0 Å². The molecule has 2 N–H and O–H groups in total. The van der Waals surface area contributed by atoms with Gasteiger partial charge in [0.25, 0.3) is 0 Å². The van der Waals surface area contributed by atoms with Crippen molar-refractivity contribution < 1.29 is 9.50 Å². The van der Waals surface area contributed by atoms with Crippen LogP contribution in [-0.2, 0) is 6.54 Å². The van der Waals surface area contributed by atoms with E-state index in [-0.39, 0.29) is 5.82 Å². The zero-order valence-corrected chi connectivity index (χ0v) is 13.8. The summed E-state index contributed by atoms with van der Waals surface area (Å²) in [5.74, 6) is -0.241. The van der Waals surface area contributed by atoms with Gasteiger partial charge in [-0.1, -0.05) is 24.8 Å². The van der Waals surface area contributed by atoms with Crippen LogP contribution >= 0.6 is 0 Å². The molecule has 24 heavy (non-hydrogen) atoms. The number of aromatic nitrogens is 1. The maximum absolute atomic E-state index is 14.2. The van der Waals surface area contributed by atoms with Crippen molar-refractivity contribution in [3.8, 4) is 0 Å². The van der Waals surface area contributed by atoms with E-state index < -0.39 is 6.35 Å². The molecule has 126 valence electrons. The van der Waals surface area contributed by atoms with Gasteiger partial charge in [0.1, 0.15) is 5.82 Å². The summed E-state index contributed by atoms with van der Waals surface area (Å²) >= 11 is 0. The molecule has 4 nitrogen and oxygen atoms in total. The normalized spacial score (nSPS) is 20.0. The maximum Gasteiger partial charge on any atom is 0.202 e. The molecule has 0 radical (unpaired) electrons. The summed E-state index contributed by atoms with van der Waals surface area (Å²) in [6.45, 7) is 4.58. The molecule has 0 bridgehead atoms. The predicted octanol–water partition coefficient (Wildman–Crippen LogP) is 3.36. The number of fused-ring (bicyclic) bond motifs is 3. The van der Waals surface area contributed by atoms with Crippen molar-refractivity contribution in [2.24, 2.45) is 4.99 Å². The zero-order chi connectivity index (χ0) is 17.1. The lowest BCUT2D eigenvalue weighted by molar-refractivity contribution is 0.157. The first-order valence-electron chi connectivity index (χ1n) is 8.19. The average molecular weight is 327 g/mol. The van der Waals surface area contributed by atoms with E-state index in [1.165, 1.54) is 6.07 Å². The third kappa shape index (κ3) is 3.05. The van der Waals surface area contributed by atoms with Gasteiger partial charge in [-0.05, 0) is 50.1 Å². The van der Waals surface area contributed by atoms with Crippen LogP contribution in [0.3, 0.4) is 0 Å². The van der Waals surface area contributed by atoms with Crippen LogP contribution in [0.25, 0.3) is 10.9 Å². The molecule has 1 unspecified atom stereocenters. The molecule has 1 aromatic carbocycles. The monoisotopic (exact) mass is 327 g/mol.